The number of nitrogens with zero attached hydrogens (tertiary/aromatic N) is 2. The Hall–Kier alpha value is -0.920. The van der Waals surface area contributed by atoms with Gasteiger partial charge in [-0.05, 0) is 19.6 Å². The lowest BCUT2D eigenvalue weighted by atomic mass is 10.1. The van der Waals surface area contributed by atoms with Gasteiger partial charge in [-0.15, -0.1) is 0 Å². The fourth-order valence-corrected chi connectivity index (χ4v) is 0.347. The van der Waals surface area contributed by atoms with Crippen molar-refractivity contribution in [3.8, 4) is 0 Å². The van der Waals surface area contributed by atoms with Crippen LogP contribution in [-0.4, -0.2) is 12.4 Å². The van der Waals surface area contributed by atoms with E-state index in [0.717, 1.165) is 5.71 Å². The molecule has 0 aliphatic heterocycles. The monoisotopic (exact) mass is 138 g/mol. The van der Waals surface area contributed by atoms with Crippen molar-refractivity contribution in [1.82, 2.24) is 0 Å². The average molecular weight is 138 g/mol. The highest BCUT2D eigenvalue weighted by atomic mass is 14.7. The molecule has 0 unspecified atom stereocenters. The first-order valence-electron chi connectivity index (χ1n) is 3.33. The first kappa shape index (κ1) is 9.08. The molecule has 0 aromatic heterocycles. The van der Waals surface area contributed by atoms with Gasteiger partial charge in [0.2, 0.25) is 0 Å². The van der Waals surface area contributed by atoms with E-state index < -0.39 is 0 Å². The number of rotatable bonds is 3. The lowest BCUT2D eigenvalue weighted by molar-refractivity contribution is 0.878. The summed E-state index contributed by atoms with van der Waals surface area (Å²) in [6.45, 7) is 9.50. The molecule has 2 nitrogen and oxygen atoms in total. The predicted octanol–water partition coefficient (Wildman–Crippen LogP) is 2.28. The third-order valence-corrected chi connectivity index (χ3v) is 1.29. The molecule has 0 N–H and O–H groups in total. The summed E-state index contributed by atoms with van der Waals surface area (Å²) in [5.41, 5.74) is 1.11. The Kier molecular flexibility index (Phi) is 4.46. The van der Waals surface area contributed by atoms with Crippen LogP contribution in [0.3, 0.4) is 0 Å². The number of hydrogen-bond donors (Lipinski definition) is 0. The second kappa shape index (κ2) is 4.91. The van der Waals surface area contributed by atoms with Crippen LogP contribution in [0.1, 0.15) is 20.8 Å². The minimum Gasteiger partial charge on any atom is -0.271 e. The summed E-state index contributed by atoms with van der Waals surface area (Å²) >= 11 is 0. The fraction of sp³-hybridized carbons (Fsp3) is 0.500. The van der Waals surface area contributed by atoms with Crippen LogP contribution >= 0.6 is 0 Å². The molecule has 56 valence electrons. The average Bonchev–Trinajstić information content (AvgIpc) is 1.88. The van der Waals surface area contributed by atoms with E-state index >= 15 is 0 Å². The van der Waals surface area contributed by atoms with Gasteiger partial charge in [0.1, 0.15) is 0 Å². The summed E-state index contributed by atoms with van der Waals surface area (Å²) < 4.78 is 0. The standard InChI is InChI=1S/C8H14N2/c1-7(2)8(3)10-6-5-9-4/h5-7H,4H2,1-3H3/b6-5-,10-8?. The zero-order valence-corrected chi connectivity index (χ0v) is 6.83. The van der Waals surface area contributed by atoms with Gasteiger partial charge in [0.15, 0.2) is 0 Å². The van der Waals surface area contributed by atoms with Crippen molar-refractivity contribution >= 4 is 12.4 Å². The van der Waals surface area contributed by atoms with Crippen molar-refractivity contribution in [3.05, 3.63) is 12.4 Å². The molecule has 0 heterocycles. The molecule has 0 rings (SSSR count). The summed E-state index contributed by atoms with van der Waals surface area (Å²) in [5.74, 6) is 0.509. The number of hydrogen-bond acceptors (Lipinski definition) is 2. The van der Waals surface area contributed by atoms with Crippen molar-refractivity contribution < 1.29 is 0 Å². The predicted molar refractivity (Wildman–Crippen MR) is 46.6 cm³/mol. The summed E-state index contributed by atoms with van der Waals surface area (Å²) in [4.78, 5) is 7.65. The molecule has 0 bridgehead atoms. The van der Waals surface area contributed by atoms with Gasteiger partial charge >= 0.3 is 0 Å². The van der Waals surface area contributed by atoms with E-state index in [2.05, 4.69) is 30.5 Å². The molecule has 0 fully saturated rings. The van der Waals surface area contributed by atoms with E-state index in [9.17, 15) is 0 Å². The van der Waals surface area contributed by atoms with Gasteiger partial charge in [-0.3, -0.25) is 9.98 Å². The molecule has 0 aromatic rings. The molecule has 0 radical (unpaired) electrons. The summed E-state index contributed by atoms with van der Waals surface area (Å²) in [5, 5.41) is 0. The van der Waals surface area contributed by atoms with Crippen LogP contribution in [0.25, 0.3) is 0 Å². The highest BCUT2D eigenvalue weighted by Crippen LogP contribution is 1.95. The van der Waals surface area contributed by atoms with Gasteiger partial charge in [0.25, 0.3) is 0 Å². The lowest BCUT2D eigenvalue weighted by Crippen LogP contribution is -1.99. The summed E-state index contributed by atoms with van der Waals surface area (Å²) in [7, 11) is 0. The van der Waals surface area contributed by atoms with Gasteiger partial charge in [-0.1, -0.05) is 13.8 Å². The van der Waals surface area contributed by atoms with Crippen molar-refractivity contribution in [2.75, 3.05) is 0 Å². The lowest BCUT2D eigenvalue weighted by Gasteiger charge is -1.99. The molecule has 0 saturated heterocycles. The minimum absolute atomic E-state index is 0.509. The molecule has 0 saturated carbocycles. The van der Waals surface area contributed by atoms with Crippen LogP contribution in [0.5, 0.6) is 0 Å². The SMILES string of the molecule is C=N/C=C\N=C(C)C(C)C. The normalized spacial score (nSPS) is 13.0. The molecule has 0 amide bonds. The van der Waals surface area contributed by atoms with Gasteiger partial charge < -0.3 is 0 Å². The largest absolute Gasteiger partial charge is 0.271 e. The second-order valence-electron chi connectivity index (χ2n) is 2.41. The molecular weight excluding hydrogens is 124 g/mol. The maximum absolute atomic E-state index is 4.12. The Labute approximate surface area is 62.4 Å². The van der Waals surface area contributed by atoms with Crippen molar-refractivity contribution in [3.63, 3.8) is 0 Å². The molecule has 0 aromatic carbocycles. The van der Waals surface area contributed by atoms with E-state index in [-0.39, 0.29) is 0 Å². The summed E-state index contributed by atoms with van der Waals surface area (Å²) in [6, 6.07) is 0. The quantitative estimate of drug-likeness (QED) is 0.534. The Morgan fingerprint density at radius 1 is 1.40 bits per heavy atom. The van der Waals surface area contributed by atoms with Crippen LogP contribution in [0.2, 0.25) is 0 Å². The van der Waals surface area contributed by atoms with E-state index in [1.54, 1.807) is 12.4 Å². The molecule has 10 heavy (non-hydrogen) atoms. The van der Waals surface area contributed by atoms with Crippen LogP contribution in [0.4, 0.5) is 0 Å². The van der Waals surface area contributed by atoms with E-state index in [1.807, 2.05) is 6.92 Å². The van der Waals surface area contributed by atoms with Crippen LogP contribution in [0, 0.1) is 5.92 Å². The van der Waals surface area contributed by atoms with Crippen molar-refractivity contribution in [2.24, 2.45) is 15.9 Å². The molecule has 0 aliphatic carbocycles. The molecule has 0 spiro atoms. The van der Waals surface area contributed by atoms with Crippen LogP contribution < -0.4 is 0 Å². The Balaban J connectivity index is 3.91. The third kappa shape index (κ3) is 4.01. The van der Waals surface area contributed by atoms with Crippen LogP contribution in [0.15, 0.2) is 22.4 Å². The Bertz CT molecular complexity index is 155. The Morgan fingerprint density at radius 3 is 2.40 bits per heavy atom. The highest BCUT2D eigenvalue weighted by molar-refractivity contribution is 5.84. The van der Waals surface area contributed by atoms with Gasteiger partial charge in [-0.2, -0.15) is 0 Å². The zero-order valence-electron chi connectivity index (χ0n) is 6.83. The smallest absolute Gasteiger partial charge is 0.0450 e. The molecule has 2 heteroatoms. The van der Waals surface area contributed by atoms with Gasteiger partial charge in [0, 0.05) is 18.1 Å². The second-order valence-corrected chi connectivity index (χ2v) is 2.41. The molecular formula is C8H14N2. The zero-order chi connectivity index (χ0) is 7.98. The first-order chi connectivity index (χ1) is 4.68. The molecule has 0 aliphatic rings. The molecule has 0 atom stereocenters. The van der Waals surface area contributed by atoms with Gasteiger partial charge in [-0.25, -0.2) is 0 Å². The Morgan fingerprint density at radius 2 is 2.00 bits per heavy atom. The maximum Gasteiger partial charge on any atom is 0.0450 e. The topological polar surface area (TPSA) is 24.7 Å². The highest BCUT2D eigenvalue weighted by Gasteiger charge is 1.93. The summed E-state index contributed by atoms with van der Waals surface area (Å²) in [6.07, 6.45) is 3.23. The van der Waals surface area contributed by atoms with Gasteiger partial charge in [0.05, 0.1) is 0 Å². The fourth-order valence-electron chi connectivity index (χ4n) is 0.347. The van der Waals surface area contributed by atoms with E-state index in [0.29, 0.717) is 5.92 Å². The minimum atomic E-state index is 0.509. The van der Waals surface area contributed by atoms with Crippen molar-refractivity contribution in [1.29, 1.82) is 0 Å². The number of aliphatic imine (C=N–C) groups is 2. The van der Waals surface area contributed by atoms with E-state index in [1.165, 1.54) is 0 Å². The van der Waals surface area contributed by atoms with E-state index in [4.69, 9.17) is 0 Å². The maximum atomic E-state index is 4.12. The van der Waals surface area contributed by atoms with Crippen LogP contribution in [-0.2, 0) is 0 Å². The van der Waals surface area contributed by atoms with Crippen molar-refractivity contribution in [2.45, 2.75) is 20.8 Å². The third-order valence-electron chi connectivity index (χ3n) is 1.29. The first-order valence-corrected chi connectivity index (χ1v) is 3.33.